The summed E-state index contributed by atoms with van der Waals surface area (Å²) in [5.41, 5.74) is 1.63. The van der Waals surface area contributed by atoms with E-state index in [9.17, 15) is 17.2 Å². The van der Waals surface area contributed by atoms with Crippen molar-refractivity contribution in [3.63, 3.8) is 0 Å². The normalized spacial score (nSPS) is 17.2. The summed E-state index contributed by atoms with van der Waals surface area (Å²) in [6.07, 6.45) is 1.80. The van der Waals surface area contributed by atoms with Gasteiger partial charge < -0.3 is 4.90 Å². The third-order valence-corrected chi connectivity index (χ3v) is 5.61. The second-order valence-electron chi connectivity index (χ2n) is 5.86. The van der Waals surface area contributed by atoms with Gasteiger partial charge in [-0.05, 0) is 31.4 Å². The maximum Gasteiger partial charge on any atom is 0.308 e. The number of hydrogen-bond donors (Lipinski definition) is 1. The van der Waals surface area contributed by atoms with Crippen LogP contribution in [0.15, 0.2) is 12.4 Å². The summed E-state index contributed by atoms with van der Waals surface area (Å²) in [6.45, 7) is -0.569. The summed E-state index contributed by atoms with van der Waals surface area (Å²) in [6, 6.07) is 0.919. The van der Waals surface area contributed by atoms with E-state index >= 15 is 0 Å². The molecule has 1 aliphatic heterocycles. The molecule has 1 fully saturated rings. The Morgan fingerprint density at radius 2 is 2.04 bits per heavy atom. The molecule has 2 aromatic rings. The third kappa shape index (κ3) is 3.41. The second-order valence-corrected chi connectivity index (χ2v) is 7.70. The van der Waals surface area contributed by atoms with Gasteiger partial charge in [-0.3, -0.25) is 0 Å². The van der Waals surface area contributed by atoms with Crippen molar-refractivity contribution in [2.24, 2.45) is 5.14 Å². The molecule has 3 heterocycles. The zero-order chi connectivity index (χ0) is 18.4. The van der Waals surface area contributed by atoms with Crippen molar-refractivity contribution < 1.29 is 17.2 Å². The first-order chi connectivity index (χ1) is 11.7. The number of anilines is 1. The zero-order valence-corrected chi connectivity index (χ0v) is 14.9. The van der Waals surface area contributed by atoms with Gasteiger partial charge in [0, 0.05) is 19.1 Å². The van der Waals surface area contributed by atoms with Gasteiger partial charge in [0.05, 0.1) is 0 Å². The van der Waals surface area contributed by atoms with Crippen LogP contribution in [-0.2, 0) is 10.2 Å². The molecule has 3 rings (SSSR count). The van der Waals surface area contributed by atoms with Crippen LogP contribution in [0.4, 0.5) is 14.6 Å². The van der Waals surface area contributed by atoms with Crippen molar-refractivity contribution in [3.05, 3.63) is 23.1 Å². The van der Waals surface area contributed by atoms with Gasteiger partial charge in [0.1, 0.15) is 17.0 Å². The largest absolute Gasteiger partial charge is 0.355 e. The summed E-state index contributed by atoms with van der Waals surface area (Å²) in [5, 5.41) is 9.47. The number of nitrogens with two attached hydrogens (primary N) is 1. The molecule has 25 heavy (non-hydrogen) atoms. The first-order valence-corrected chi connectivity index (χ1v) is 9.41. The average Bonchev–Trinajstić information content (AvgIpc) is 2.81. The van der Waals surface area contributed by atoms with E-state index < -0.39 is 22.8 Å². The van der Waals surface area contributed by atoms with Gasteiger partial charge in [-0.1, -0.05) is 11.6 Å². The highest BCUT2D eigenvalue weighted by molar-refractivity contribution is 7.86. The van der Waals surface area contributed by atoms with Crippen LogP contribution >= 0.6 is 11.6 Å². The van der Waals surface area contributed by atoms with Crippen LogP contribution in [0, 0.1) is 6.92 Å². The lowest BCUT2D eigenvalue weighted by atomic mass is 10.1. The van der Waals surface area contributed by atoms with Gasteiger partial charge in [-0.25, -0.2) is 14.6 Å². The minimum atomic E-state index is -4.47. The number of hydrogen-bond acceptors (Lipinski definition) is 5. The highest BCUT2D eigenvalue weighted by atomic mass is 35.5. The van der Waals surface area contributed by atoms with Crippen LogP contribution < -0.4 is 10.0 Å². The third-order valence-electron chi connectivity index (χ3n) is 4.29. The summed E-state index contributed by atoms with van der Waals surface area (Å²) in [4.78, 5) is 6.20. The van der Waals surface area contributed by atoms with Gasteiger partial charge >= 0.3 is 6.55 Å². The fourth-order valence-electron chi connectivity index (χ4n) is 3.20. The first-order valence-electron chi connectivity index (χ1n) is 7.53. The standard InChI is InChI=1S/C13H17ClF2N6O2S/c1-8-6-10(14)21-11(8)12(18-7-19-21)20-4-2-9(3-5-20)22(13(15)16)25(17,23)24/h6-7,9,13H,2-5H2,1H3,(H2,17,23,24). The number of nitrogens with zero attached hydrogens (tertiary/aromatic N) is 5. The number of alkyl halides is 2. The molecule has 2 aromatic heterocycles. The number of halogens is 3. The van der Waals surface area contributed by atoms with E-state index in [1.807, 2.05) is 11.8 Å². The van der Waals surface area contributed by atoms with Crippen molar-refractivity contribution in [3.8, 4) is 0 Å². The van der Waals surface area contributed by atoms with E-state index in [1.165, 1.54) is 6.33 Å². The van der Waals surface area contributed by atoms with Crippen molar-refractivity contribution >= 4 is 33.1 Å². The van der Waals surface area contributed by atoms with Crippen LogP contribution in [0.3, 0.4) is 0 Å². The van der Waals surface area contributed by atoms with E-state index in [0.717, 1.165) is 11.1 Å². The molecule has 0 amide bonds. The summed E-state index contributed by atoms with van der Waals surface area (Å²) in [5.74, 6) is 0.636. The highest BCUT2D eigenvalue weighted by Gasteiger charge is 2.37. The predicted molar refractivity (Wildman–Crippen MR) is 88.9 cm³/mol. The Balaban J connectivity index is 1.84. The van der Waals surface area contributed by atoms with Gasteiger partial charge in [-0.15, -0.1) is 4.31 Å². The number of piperidine rings is 1. The molecule has 1 saturated heterocycles. The van der Waals surface area contributed by atoms with Gasteiger partial charge in [0.2, 0.25) is 0 Å². The van der Waals surface area contributed by atoms with Crippen molar-refractivity contribution in [2.75, 3.05) is 18.0 Å². The molecule has 1 aliphatic rings. The Labute approximate surface area is 148 Å². The van der Waals surface area contributed by atoms with E-state index in [2.05, 4.69) is 10.1 Å². The molecule has 8 nitrogen and oxygen atoms in total. The van der Waals surface area contributed by atoms with Crippen molar-refractivity contribution in [2.45, 2.75) is 32.4 Å². The average molecular weight is 395 g/mol. The highest BCUT2D eigenvalue weighted by Crippen LogP contribution is 2.30. The Morgan fingerprint density at radius 1 is 1.40 bits per heavy atom. The molecular formula is C13H17ClF2N6O2S. The lowest BCUT2D eigenvalue weighted by Gasteiger charge is -2.37. The van der Waals surface area contributed by atoms with Gasteiger partial charge in [-0.2, -0.15) is 22.3 Å². The Hall–Kier alpha value is -1.56. The molecule has 0 bridgehead atoms. The maximum absolute atomic E-state index is 13.1. The van der Waals surface area contributed by atoms with Gasteiger partial charge in [0.15, 0.2) is 5.82 Å². The summed E-state index contributed by atoms with van der Waals surface area (Å²) >= 11 is 6.12. The van der Waals surface area contributed by atoms with E-state index in [4.69, 9.17) is 16.7 Å². The molecule has 138 valence electrons. The second kappa shape index (κ2) is 6.63. The lowest BCUT2D eigenvalue weighted by Crippen LogP contribution is -2.51. The SMILES string of the molecule is Cc1cc(Cl)n2ncnc(N3CCC(N(C(F)F)S(N)(=O)=O)CC3)c12. The zero-order valence-electron chi connectivity index (χ0n) is 13.3. The molecule has 0 aromatic carbocycles. The number of rotatable bonds is 4. The Bertz CT molecular complexity index is 882. The first kappa shape index (κ1) is 18.2. The Kier molecular flexibility index (Phi) is 4.84. The lowest BCUT2D eigenvalue weighted by molar-refractivity contribution is 0.00227. The van der Waals surface area contributed by atoms with Crippen LogP contribution in [0.5, 0.6) is 0 Å². The molecule has 0 atom stereocenters. The van der Waals surface area contributed by atoms with E-state index in [1.54, 1.807) is 10.6 Å². The molecule has 2 N–H and O–H groups in total. The van der Waals surface area contributed by atoms with Crippen LogP contribution in [-0.4, -0.2) is 53.0 Å². The summed E-state index contributed by atoms with van der Waals surface area (Å²) < 4.78 is 50.6. The monoisotopic (exact) mass is 394 g/mol. The fourth-order valence-corrected chi connectivity index (χ4v) is 4.34. The topological polar surface area (TPSA) is 96.8 Å². The molecule has 0 saturated carbocycles. The van der Waals surface area contributed by atoms with E-state index in [0.29, 0.717) is 24.1 Å². The van der Waals surface area contributed by atoms with Crippen molar-refractivity contribution in [1.29, 1.82) is 0 Å². The van der Waals surface area contributed by atoms with Crippen LogP contribution in [0.2, 0.25) is 5.15 Å². The molecular weight excluding hydrogens is 378 g/mol. The van der Waals surface area contributed by atoms with E-state index in [-0.39, 0.29) is 17.1 Å². The number of aromatic nitrogens is 3. The molecule has 0 radical (unpaired) electrons. The minimum absolute atomic E-state index is 0.0826. The van der Waals surface area contributed by atoms with Gasteiger partial charge in [0.25, 0.3) is 10.2 Å². The predicted octanol–water partition coefficient (Wildman–Crippen LogP) is 1.39. The number of fused-ring (bicyclic) bond motifs is 1. The molecule has 12 heteroatoms. The molecule has 0 aliphatic carbocycles. The Morgan fingerprint density at radius 3 is 2.60 bits per heavy atom. The minimum Gasteiger partial charge on any atom is -0.355 e. The fraction of sp³-hybridized carbons (Fsp3) is 0.538. The van der Waals surface area contributed by atoms with Crippen LogP contribution in [0.1, 0.15) is 18.4 Å². The maximum atomic E-state index is 13.1. The quantitative estimate of drug-likeness (QED) is 0.790. The molecule has 0 unspecified atom stereocenters. The van der Waals surface area contributed by atoms with Crippen LogP contribution in [0.25, 0.3) is 5.52 Å². The number of aryl methyl sites for hydroxylation is 1. The smallest absolute Gasteiger partial charge is 0.308 e. The molecule has 0 spiro atoms. The summed E-state index contributed by atoms with van der Waals surface area (Å²) in [7, 11) is -4.47. The van der Waals surface area contributed by atoms with Crippen molar-refractivity contribution in [1.82, 2.24) is 18.9 Å².